The summed E-state index contributed by atoms with van der Waals surface area (Å²) in [5.41, 5.74) is 1.59. The number of aryl methyl sites for hydroxylation is 1. The summed E-state index contributed by atoms with van der Waals surface area (Å²) < 4.78 is 32.5. The van der Waals surface area contributed by atoms with E-state index < -0.39 is 10.0 Å². The molecule has 0 unspecified atom stereocenters. The Kier molecular flexibility index (Phi) is 4.06. The number of ether oxygens (including phenoxy) is 1. The van der Waals surface area contributed by atoms with Crippen LogP contribution in [0, 0.1) is 0 Å². The summed E-state index contributed by atoms with van der Waals surface area (Å²) in [6.45, 7) is 0. The van der Waals surface area contributed by atoms with E-state index in [2.05, 4.69) is 10.0 Å². The zero-order valence-corrected chi connectivity index (χ0v) is 13.7. The van der Waals surface area contributed by atoms with E-state index in [0.29, 0.717) is 24.3 Å². The Bertz CT molecular complexity index is 909. The second kappa shape index (κ2) is 6.04. The normalized spacial score (nSPS) is 13.8. The lowest BCUT2D eigenvalue weighted by molar-refractivity contribution is -0.116. The third kappa shape index (κ3) is 3.28. The molecule has 0 aromatic heterocycles. The van der Waals surface area contributed by atoms with Crippen LogP contribution in [0.15, 0.2) is 41.3 Å². The Morgan fingerprint density at radius 2 is 1.96 bits per heavy atom. The lowest BCUT2D eigenvalue weighted by Gasteiger charge is -2.18. The summed E-state index contributed by atoms with van der Waals surface area (Å²) in [6, 6.07) is 8.67. The predicted octanol–water partition coefficient (Wildman–Crippen LogP) is 2.09. The molecule has 0 aliphatic carbocycles. The summed E-state index contributed by atoms with van der Waals surface area (Å²) in [6.07, 6.45) is 0.818. The number of benzene rings is 2. The van der Waals surface area contributed by atoms with Crippen molar-refractivity contribution < 1.29 is 23.1 Å². The van der Waals surface area contributed by atoms with Gasteiger partial charge in [-0.25, -0.2) is 8.42 Å². The summed E-state index contributed by atoms with van der Waals surface area (Å²) >= 11 is 0. The van der Waals surface area contributed by atoms with E-state index >= 15 is 0 Å². The maximum Gasteiger partial charge on any atom is 0.261 e. The van der Waals surface area contributed by atoms with Gasteiger partial charge in [-0.15, -0.1) is 0 Å². The molecular formula is C16H16N2O5S. The zero-order chi connectivity index (χ0) is 17.3. The largest absolute Gasteiger partial charge is 0.508 e. The highest BCUT2D eigenvalue weighted by Crippen LogP contribution is 2.29. The van der Waals surface area contributed by atoms with Gasteiger partial charge >= 0.3 is 0 Å². The van der Waals surface area contributed by atoms with Crippen LogP contribution in [0.25, 0.3) is 0 Å². The highest BCUT2D eigenvalue weighted by molar-refractivity contribution is 7.92. The van der Waals surface area contributed by atoms with E-state index in [0.717, 1.165) is 5.56 Å². The van der Waals surface area contributed by atoms with Gasteiger partial charge in [-0.1, -0.05) is 0 Å². The third-order valence-electron chi connectivity index (χ3n) is 3.66. The van der Waals surface area contributed by atoms with Crippen LogP contribution in [0.1, 0.15) is 12.0 Å². The van der Waals surface area contributed by atoms with Crippen LogP contribution >= 0.6 is 0 Å². The number of carbonyl (C=O) groups is 1. The van der Waals surface area contributed by atoms with E-state index in [1.807, 2.05) is 0 Å². The second-order valence-corrected chi connectivity index (χ2v) is 7.07. The zero-order valence-electron chi connectivity index (χ0n) is 12.9. The SMILES string of the molecule is COc1cc(O)cc(NS(=O)(=O)c2ccc3c(c2)CCC(=O)N3)c1. The molecule has 0 bridgehead atoms. The summed E-state index contributed by atoms with van der Waals surface area (Å²) in [5, 5.41) is 12.3. The lowest BCUT2D eigenvalue weighted by atomic mass is 10.0. The van der Waals surface area contributed by atoms with Gasteiger partial charge in [-0.3, -0.25) is 9.52 Å². The molecule has 3 N–H and O–H groups in total. The minimum Gasteiger partial charge on any atom is -0.508 e. The fraction of sp³-hybridized carbons (Fsp3) is 0.188. The van der Waals surface area contributed by atoms with Gasteiger partial charge in [-0.05, 0) is 30.2 Å². The molecule has 0 radical (unpaired) electrons. The number of aromatic hydroxyl groups is 1. The number of nitrogens with one attached hydrogen (secondary N) is 2. The van der Waals surface area contributed by atoms with Crippen molar-refractivity contribution in [2.45, 2.75) is 17.7 Å². The fourth-order valence-corrected chi connectivity index (χ4v) is 3.59. The number of rotatable bonds is 4. The number of amides is 1. The van der Waals surface area contributed by atoms with Gasteiger partial charge in [-0.2, -0.15) is 0 Å². The first kappa shape index (κ1) is 16.1. The van der Waals surface area contributed by atoms with E-state index in [-0.39, 0.29) is 22.2 Å². The van der Waals surface area contributed by atoms with Crippen molar-refractivity contribution in [3.63, 3.8) is 0 Å². The average molecular weight is 348 g/mol. The van der Waals surface area contributed by atoms with Gasteiger partial charge in [0.05, 0.1) is 17.7 Å². The predicted molar refractivity (Wildman–Crippen MR) is 88.9 cm³/mol. The summed E-state index contributed by atoms with van der Waals surface area (Å²) in [5.74, 6) is 0.143. The van der Waals surface area contributed by atoms with Crippen LogP contribution in [-0.4, -0.2) is 26.5 Å². The minimum atomic E-state index is -3.83. The van der Waals surface area contributed by atoms with E-state index in [4.69, 9.17) is 4.74 Å². The first-order chi connectivity index (χ1) is 11.4. The monoisotopic (exact) mass is 348 g/mol. The molecule has 126 valence electrons. The summed E-state index contributed by atoms with van der Waals surface area (Å²) in [4.78, 5) is 11.4. The fourth-order valence-electron chi connectivity index (χ4n) is 2.50. The third-order valence-corrected chi connectivity index (χ3v) is 5.04. The van der Waals surface area contributed by atoms with Gasteiger partial charge in [0.15, 0.2) is 0 Å². The molecule has 2 aromatic rings. The molecule has 7 nitrogen and oxygen atoms in total. The number of carbonyl (C=O) groups excluding carboxylic acids is 1. The number of phenols is 1. The van der Waals surface area contributed by atoms with Crippen molar-refractivity contribution in [3.05, 3.63) is 42.0 Å². The standard InChI is InChI=1S/C16H16N2O5S/c1-23-13-8-11(7-12(19)9-13)18-24(21,22)14-3-4-15-10(6-14)2-5-16(20)17-15/h3-4,6-9,18-19H,2,5H2,1H3,(H,17,20). The Morgan fingerprint density at radius 1 is 1.17 bits per heavy atom. The molecule has 3 rings (SSSR count). The van der Waals surface area contributed by atoms with Crippen LogP contribution in [0.3, 0.4) is 0 Å². The van der Waals surface area contributed by atoms with Crippen LogP contribution < -0.4 is 14.8 Å². The molecule has 1 aliphatic rings. The maximum atomic E-state index is 12.5. The van der Waals surface area contributed by atoms with Crippen molar-refractivity contribution in [3.8, 4) is 11.5 Å². The summed E-state index contributed by atoms with van der Waals surface area (Å²) in [7, 11) is -2.41. The van der Waals surface area contributed by atoms with Gasteiger partial charge in [0.2, 0.25) is 5.91 Å². The number of fused-ring (bicyclic) bond motifs is 1. The molecule has 0 saturated carbocycles. The smallest absolute Gasteiger partial charge is 0.261 e. The molecule has 0 fully saturated rings. The van der Waals surface area contributed by atoms with Crippen molar-refractivity contribution in [1.29, 1.82) is 0 Å². The number of sulfonamides is 1. The van der Waals surface area contributed by atoms with Crippen LogP contribution in [0.2, 0.25) is 0 Å². The van der Waals surface area contributed by atoms with Crippen molar-refractivity contribution >= 4 is 27.3 Å². The molecule has 1 heterocycles. The second-order valence-electron chi connectivity index (χ2n) is 5.39. The first-order valence-electron chi connectivity index (χ1n) is 7.21. The van der Waals surface area contributed by atoms with E-state index in [9.17, 15) is 18.3 Å². The Hall–Kier alpha value is -2.74. The lowest BCUT2D eigenvalue weighted by Crippen LogP contribution is -2.20. The van der Waals surface area contributed by atoms with Crippen molar-refractivity contribution in [1.82, 2.24) is 0 Å². The Labute approximate surface area is 139 Å². The van der Waals surface area contributed by atoms with Crippen LogP contribution in [-0.2, 0) is 21.2 Å². The highest BCUT2D eigenvalue weighted by Gasteiger charge is 2.20. The van der Waals surface area contributed by atoms with Crippen LogP contribution in [0.5, 0.6) is 11.5 Å². The molecular weight excluding hydrogens is 332 g/mol. The quantitative estimate of drug-likeness (QED) is 0.785. The van der Waals surface area contributed by atoms with Crippen LogP contribution in [0.4, 0.5) is 11.4 Å². The van der Waals surface area contributed by atoms with E-state index in [1.165, 1.54) is 37.4 Å². The first-order valence-corrected chi connectivity index (χ1v) is 8.69. The number of phenolic OH excluding ortho intramolecular Hbond substituents is 1. The molecule has 1 amide bonds. The number of hydrogen-bond acceptors (Lipinski definition) is 5. The minimum absolute atomic E-state index is 0.0805. The molecule has 0 atom stereocenters. The molecule has 24 heavy (non-hydrogen) atoms. The maximum absolute atomic E-state index is 12.5. The number of hydrogen-bond donors (Lipinski definition) is 3. The Morgan fingerprint density at radius 3 is 2.71 bits per heavy atom. The molecule has 0 saturated heterocycles. The molecule has 1 aliphatic heterocycles. The number of methoxy groups -OCH3 is 1. The van der Waals surface area contributed by atoms with Crippen molar-refractivity contribution in [2.75, 3.05) is 17.1 Å². The molecule has 2 aromatic carbocycles. The van der Waals surface area contributed by atoms with Gasteiger partial charge in [0.1, 0.15) is 11.5 Å². The molecule has 0 spiro atoms. The van der Waals surface area contributed by atoms with Gasteiger partial charge in [0, 0.05) is 30.3 Å². The topological polar surface area (TPSA) is 105 Å². The van der Waals surface area contributed by atoms with E-state index in [1.54, 1.807) is 6.07 Å². The Balaban J connectivity index is 1.91. The highest BCUT2D eigenvalue weighted by atomic mass is 32.2. The van der Waals surface area contributed by atoms with Gasteiger partial charge in [0.25, 0.3) is 10.0 Å². The average Bonchev–Trinajstić information content (AvgIpc) is 2.53. The number of anilines is 2. The molecule has 8 heteroatoms. The van der Waals surface area contributed by atoms with Crippen molar-refractivity contribution in [2.24, 2.45) is 0 Å². The van der Waals surface area contributed by atoms with Gasteiger partial charge < -0.3 is 15.2 Å².